The molecule has 1 saturated carbocycles. The summed E-state index contributed by atoms with van der Waals surface area (Å²) in [6.45, 7) is 3.96. The maximum absolute atomic E-state index is 12.5. The van der Waals surface area contributed by atoms with Gasteiger partial charge in [-0.3, -0.25) is 9.69 Å². The van der Waals surface area contributed by atoms with Gasteiger partial charge >= 0.3 is 0 Å². The Bertz CT molecular complexity index is 1230. The Labute approximate surface area is 192 Å². The number of aromatic nitrogens is 4. The summed E-state index contributed by atoms with van der Waals surface area (Å²) < 4.78 is 7.37. The van der Waals surface area contributed by atoms with Crippen molar-refractivity contribution in [2.45, 2.75) is 31.8 Å². The van der Waals surface area contributed by atoms with Crippen LogP contribution in [0.3, 0.4) is 0 Å². The van der Waals surface area contributed by atoms with E-state index in [-0.39, 0.29) is 11.9 Å². The minimum absolute atomic E-state index is 0.0320. The van der Waals surface area contributed by atoms with Gasteiger partial charge in [0.05, 0.1) is 18.5 Å². The molecule has 9 nitrogen and oxygen atoms in total. The van der Waals surface area contributed by atoms with Gasteiger partial charge in [-0.2, -0.15) is 5.10 Å². The fourth-order valence-corrected chi connectivity index (χ4v) is 4.30. The fourth-order valence-electron chi connectivity index (χ4n) is 4.30. The molecule has 0 bridgehead atoms. The first-order chi connectivity index (χ1) is 16.0. The minimum atomic E-state index is 0.0320. The third-order valence-corrected chi connectivity index (χ3v) is 6.54. The van der Waals surface area contributed by atoms with Crippen LogP contribution in [-0.2, 0) is 4.79 Å². The van der Waals surface area contributed by atoms with E-state index in [4.69, 9.17) is 15.6 Å². The van der Waals surface area contributed by atoms with Crippen molar-refractivity contribution in [3.05, 3.63) is 42.2 Å². The fraction of sp³-hybridized carbons (Fsp3) is 0.417. The van der Waals surface area contributed by atoms with Crippen molar-refractivity contribution in [2.75, 3.05) is 39.5 Å². The van der Waals surface area contributed by atoms with Crippen LogP contribution < -0.4 is 10.5 Å². The normalized spacial score (nSPS) is 16.7. The number of benzene rings is 1. The van der Waals surface area contributed by atoms with E-state index >= 15 is 0 Å². The zero-order chi connectivity index (χ0) is 23.1. The molecular weight excluding hydrogens is 418 g/mol. The molecule has 0 unspecified atom stereocenters. The first kappa shape index (κ1) is 21.4. The van der Waals surface area contributed by atoms with Crippen LogP contribution in [0.5, 0.6) is 5.75 Å². The van der Waals surface area contributed by atoms with E-state index < -0.39 is 0 Å². The lowest BCUT2D eigenvalue weighted by molar-refractivity contribution is -0.131. The summed E-state index contributed by atoms with van der Waals surface area (Å²) in [5.41, 5.74) is 9.56. The third kappa shape index (κ3) is 4.04. The van der Waals surface area contributed by atoms with Crippen molar-refractivity contribution in [3.63, 3.8) is 0 Å². The van der Waals surface area contributed by atoms with Crippen LogP contribution in [0.1, 0.15) is 24.4 Å². The molecule has 33 heavy (non-hydrogen) atoms. The number of hydrogen-bond acceptors (Lipinski definition) is 7. The maximum atomic E-state index is 12.5. The molecule has 2 fully saturated rings. The molecule has 3 aromatic rings. The number of likely N-dealkylation sites (tertiary alicyclic amines) is 1. The molecule has 1 aliphatic heterocycles. The Morgan fingerprint density at radius 2 is 2.09 bits per heavy atom. The van der Waals surface area contributed by atoms with Crippen LogP contribution >= 0.6 is 0 Å². The first-order valence-electron chi connectivity index (χ1n) is 11.3. The average Bonchev–Trinajstić information content (AvgIpc) is 3.55. The second kappa shape index (κ2) is 8.47. The highest BCUT2D eigenvalue weighted by Gasteiger charge is 2.34. The highest BCUT2D eigenvalue weighted by atomic mass is 16.5. The molecule has 5 rings (SSSR count). The molecule has 2 aromatic heterocycles. The van der Waals surface area contributed by atoms with Crippen LogP contribution in [0.15, 0.2) is 36.7 Å². The second-order valence-corrected chi connectivity index (χ2v) is 8.91. The van der Waals surface area contributed by atoms with Gasteiger partial charge in [-0.25, -0.2) is 14.6 Å². The lowest BCUT2D eigenvalue weighted by atomic mass is 10.1. The van der Waals surface area contributed by atoms with Gasteiger partial charge in [0.1, 0.15) is 23.6 Å². The number of likely N-dealkylation sites (N-methyl/N-ethyl adjacent to an activating group) is 1. The molecule has 172 valence electrons. The number of nitrogens with zero attached hydrogens (tertiary/aromatic N) is 6. The van der Waals surface area contributed by atoms with Gasteiger partial charge in [-0.1, -0.05) is 18.2 Å². The monoisotopic (exact) mass is 447 g/mol. The number of anilines is 1. The molecule has 2 N–H and O–H groups in total. The van der Waals surface area contributed by atoms with Crippen molar-refractivity contribution < 1.29 is 9.53 Å². The second-order valence-electron chi connectivity index (χ2n) is 8.91. The number of methoxy groups -OCH3 is 1. The van der Waals surface area contributed by atoms with Gasteiger partial charge in [0, 0.05) is 37.3 Å². The summed E-state index contributed by atoms with van der Waals surface area (Å²) in [5, 5.41) is 5.59. The van der Waals surface area contributed by atoms with Crippen LogP contribution in [-0.4, -0.2) is 75.3 Å². The summed E-state index contributed by atoms with van der Waals surface area (Å²) in [6.07, 6.45) is 7.61. The van der Waals surface area contributed by atoms with Crippen molar-refractivity contribution in [3.8, 4) is 17.0 Å². The number of rotatable bonds is 7. The lowest BCUT2D eigenvalue weighted by Crippen LogP contribution is -2.50. The zero-order valence-electron chi connectivity index (χ0n) is 19.2. The van der Waals surface area contributed by atoms with E-state index in [1.54, 1.807) is 13.2 Å². The Kier molecular flexibility index (Phi) is 5.49. The van der Waals surface area contributed by atoms with Gasteiger partial charge in [0.2, 0.25) is 5.91 Å². The molecule has 9 heteroatoms. The molecule has 1 saturated heterocycles. The van der Waals surface area contributed by atoms with Gasteiger partial charge in [0.15, 0.2) is 5.65 Å². The number of nitrogens with two attached hydrogens (primary N) is 1. The van der Waals surface area contributed by atoms with E-state index in [1.807, 2.05) is 40.8 Å². The van der Waals surface area contributed by atoms with Crippen molar-refractivity contribution in [2.24, 2.45) is 0 Å². The standard InChI is InChI=1S/C24H29N7O2/c1-15-6-7-16(11-19(15)33-3)22-21-23(25)26-14-27-24(21)31(28-22)18-12-30(13-18)20(32)5-4-10-29(2)17-8-9-17/h4-7,11,14,17-18H,8-10,12-13H2,1-3H3,(H2,25,26,27). The van der Waals surface area contributed by atoms with Crippen LogP contribution in [0, 0.1) is 6.92 Å². The van der Waals surface area contributed by atoms with Crippen LogP contribution in [0.25, 0.3) is 22.3 Å². The van der Waals surface area contributed by atoms with Crippen LogP contribution in [0.2, 0.25) is 0 Å². The predicted octanol–water partition coefficient (Wildman–Crippen LogP) is 2.43. The number of carbonyl (C=O) groups excluding carboxylic acids is 1. The van der Waals surface area contributed by atoms with E-state index in [1.165, 1.54) is 19.2 Å². The molecule has 0 radical (unpaired) electrons. The molecule has 1 amide bonds. The highest BCUT2D eigenvalue weighted by Crippen LogP contribution is 2.35. The third-order valence-electron chi connectivity index (χ3n) is 6.54. The van der Waals surface area contributed by atoms with Gasteiger partial charge < -0.3 is 15.4 Å². The Morgan fingerprint density at radius 3 is 2.82 bits per heavy atom. The molecule has 1 aliphatic carbocycles. The Hall–Kier alpha value is -3.46. The van der Waals surface area contributed by atoms with E-state index in [2.05, 4.69) is 21.9 Å². The van der Waals surface area contributed by atoms with Crippen molar-refractivity contribution >= 4 is 22.8 Å². The van der Waals surface area contributed by atoms with Gasteiger partial charge in [0.25, 0.3) is 0 Å². The highest BCUT2D eigenvalue weighted by molar-refractivity contribution is 5.98. The minimum Gasteiger partial charge on any atom is -0.496 e. The molecule has 1 aromatic carbocycles. The number of amides is 1. The van der Waals surface area contributed by atoms with Crippen LogP contribution in [0.4, 0.5) is 5.82 Å². The summed E-state index contributed by atoms with van der Waals surface area (Å²) in [4.78, 5) is 25.3. The summed E-state index contributed by atoms with van der Waals surface area (Å²) in [7, 11) is 3.75. The topological polar surface area (TPSA) is 102 Å². The molecular formula is C24H29N7O2. The summed E-state index contributed by atoms with van der Waals surface area (Å²) in [6, 6.07) is 6.66. The molecule has 2 aliphatic rings. The van der Waals surface area contributed by atoms with Gasteiger partial charge in [-0.05, 0) is 38.4 Å². The summed E-state index contributed by atoms with van der Waals surface area (Å²) in [5.74, 6) is 1.20. The SMILES string of the molecule is COc1cc(-c2nn(C3CN(C(=O)C=CCN(C)C4CC4)C3)c3ncnc(N)c23)ccc1C. The largest absolute Gasteiger partial charge is 0.496 e. The molecule has 0 spiro atoms. The quantitative estimate of drug-likeness (QED) is 0.555. The van der Waals surface area contributed by atoms with Crippen molar-refractivity contribution in [1.82, 2.24) is 29.5 Å². The molecule has 0 atom stereocenters. The lowest BCUT2D eigenvalue weighted by Gasteiger charge is -2.38. The van der Waals surface area contributed by atoms with Gasteiger partial charge in [-0.15, -0.1) is 0 Å². The Morgan fingerprint density at radius 1 is 1.30 bits per heavy atom. The number of hydrogen-bond donors (Lipinski definition) is 1. The average molecular weight is 448 g/mol. The predicted molar refractivity (Wildman–Crippen MR) is 127 cm³/mol. The smallest absolute Gasteiger partial charge is 0.246 e. The van der Waals surface area contributed by atoms with E-state index in [0.29, 0.717) is 36.3 Å². The number of ether oxygens (including phenoxy) is 1. The van der Waals surface area contributed by atoms with E-state index in [9.17, 15) is 4.79 Å². The number of carbonyl (C=O) groups is 1. The van der Waals surface area contributed by atoms with Crippen molar-refractivity contribution in [1.29, 1.82) is 0 Å². The zero-order valence-corrected chi connectivity index (χ0v) is 19.2. The number of aryl methyl sites for hydroxylation is 1. The maximum Gasteiger partial charge on any atom is 0.246 e. The number of nitrogen functional groups attached to an aromatic ring is 1. The molecule has 3 heterocycles. The van der Waals surface area contributed by atoms with E-state index in [0.717, 1.165) is 28.8 Å². The number of fused-ring (bicyclic) bond motifs is 1. The Balaban J connectivity index is 1.36. The summed E-state index contributed by atoms with van der Waals surface area (Å²) >= 11 is 0. The first-order valence-corrected chi connectivity index (χ1v) is 11.3.